The lowest BCUT2D eigenvalue weighted by Crippen LogP contribution is -2.15. The predicted molar refractivity (Wildman–Crippen MR) is 92.0 cm³/mol. The Balaban J connectivity index is 1.97. The van der Waals surface area contributed by atoms with E-state index in [1.54, 1.807) is 18.2 Å². The van der Waals surface area contributed by atoms with Crippen molar-refractivity contribution < 1.29 is 19.6 Å². The zero-order valence-corrected chi connectivity index (χ0v) is 12.8. The molecular formula is C18H12N2O5. The standard InChI is InChI=1S/C18H12N2O5/c21-17(13-6-5-11-3-1-2-4-12(11)9-13)19-16-10-14(20(24)25)7-8-15(16)18(22)23/h1-10H,(H,19,21)(H,22,23). The van der Waals surface area contributed by atoms with Crippen LogP contribution in [0.25, 0.3) is 10.8 Å². The Morgan fingerprint density at radius 1 is 0.960 bits per heavy atom. The van der Waals surface area contributed by atoms with Crippen LogP contribution in [0.3, 0.4) is 0 Å². The minimum Gasteiger partial charge on any atom is -0.478 e. The summed E-state index contributed by atoms with van der Waals surface area (Å²) in [4.78, 5) is 33.9. The summed E-state index contributed by atoms with van der Waals surface area (Å²) in [5, 5.41) is 24.3. The number of hydrogen-bond donors (Lipinski definition) is 2. The number of nitrogens with one attached hydrogen (secondary N) is 1. The molecule has 25 heavy (non-hydrogen) atoms. The van der Waals surface area contributed by atoms with Crippen LogP contribution in [0.2, 0.25) is 0 Å². The van der Waals surface area contributed by atoms with Gasteiger partial charge in [0.1, 0.15) is 0 Å². The molecule has 0 radical (unpaired) electrons. The number of carbonyl (C=O) groups excluding carboxylic acids is 1. The molecule has 0 aliphatic heterocycles. The molecule has 3 aromatic carbocycles. The Bertz CT molecular complexity index is 1010. The second-order valence-electron chi connectivity index (χ2n) is 5.31. The molecule has 0 aliphatic carbocycles. The molecule has 3 rings (SSSR count). The van der Waals surface area contributed by atoms with Gasteiger partial charge in [-0.2, -0.15) is 0 Å². The molecule has 0 fully saturated rings. The van der Waals surface area contributed by atoms with Crippen LogP contribution in [0, 0.1) is 10.1 Å². The van der Waals surface area contributed by atoms with Crippen molar-refractivity contribution in [3.05, 3.63) is 81.9 Å². The highest BCUT2D eigenvalue weighted by atomic mass is 16.6. The van der Waals surface area contributed by atoms with Gasteiger partial charge in [0.25, 0.3) is 11.6 Å². The van der Waals surface area contributed by atoms with E-state index in [1.807, 2.05) is 24.3 Å². The average Bonchev–Trinajstić information content (AvgIpc) is 2.60. The Kier molecular flexibility index (Phi) is 4.13. The average molecular weight is 336 g/mol. The van der Waals surface area contributed by atoms with E-state index in [-0.39, 0.29) is 16.9 Å². The molecule has 2 N–H and O–H groups in total. The van der Waals surface area contributed by atoms with E-state index in [1.165, 1.54) is 0 Å². The summed E-state index contributed by atoms with van der Waals surface area (Å²) in [7, 11) is 0. The van der Waals surface area contributed by atoms with Gasteiger partial charge in [-0.3, -0.25) is 14.9 Å². The van der Waals surface area contributed by atoms with E-state index < -0.39 is 16.8 Å². The van der Waals surface area contributed by atoms with Crippen LogP contribution in [0.4, 0.5) is 11.4 Å². The van der Waals surface area contributed by atoms with Gasteiger partial charge in [0.05, 0.1) is 16.2 Å². The van der Waals surface area contributed by atoms with E-state index >= 15 is 0 Å². The zero-order valence-electron chi connectivity index (χ0n) is 12.8. The van der Waals surface area contributed by atoms with Crippen molar-refractivity contribution in [3.8, 4) is 0 Å². The first-order valence-electron chi connectivity index (χ1n) is 7.27. The van der Waals surface area contributed by atoms with Gasteiger partial charge in [-0.15, -0.1) is 0 Å². The van der Waals surface area contributed by atoms with Gasteiger partial charge >= 0.3 is 5.97 Å². The highest BCUT2D eigenvalue weighted by Crippen LogP contribution is 2.24. The smallest absolute Gasteiger partial charge is 0.337 e. The fourth-order valence-electron chi connectivity index (χ4n) is 2.46. The highest BCUT2D eigenvalue weighted by Gasteiger charge is 2.18. The SMILES string of the molecule is O=C(Nc1cc([N+](=O)[O-])ccc1C(=O)O)c1ccc2ccccc2c1. The summed E-state index contributed by atoms with van der Waals surface area (Å²) in [5.74, 6) is -1.84. The second-order valence-corrected chi connectivity index (χ2v) is 5.31. The predicted octanol–water partition coefficient (Wildman–Crippen LogP) is 3.70. The maximum Gasteiger partial charge on any atom is 0.337 e. The van der Waals surface area contributed by atoms with Crippen molar-refractivity contribution in [1.29, 1.82) is 0 Å². The lowest BCUT2D eigenvalue weighted by Gasteiger charge is -2.09. The Morgan fingerprint density at radius 2 is 1.68 bits per heavy atom. The molecule has 0 saturated heterocycles. The molecule has 7 nitrogen and oxygen atoms in total. The number of carboxylic acid groups (broad SMARTS) is 1. The van der Waals surface area contributed by atoms with Crippen molar-refractivity contribution in [1.82, 2.24) is 0 Å². The van der Waals surface area contributed by atoms with Crippen LogP contribution >= 0.6 is 0 Å². The number of carboxylic acids is 1. The summed E-state index contributed by atoms with van der Waals surface area (Å²) < 4.78 is 0. The van der Waals surface area contributed by atoms with E-state index in [0.717, 1.165) is 29.0 Å². The van der Waals surface area contributed by atoms with Crippen LogP contribution in [0.1, 0.15) is 20.7 Å². The van der Waals surface area contributed by atoms with Gasteiger partial charge in [-0.05, 0) is 29.0 Å². The molecule has 1 amide bonds. The fourth-order valence-corrected chi connectivity index (χ4v) is 2.46. The number of non-ortho nitro benzene ring substituents is 1. The number of aromatic carboxylic acids is 1. The molecule has 3 aromatic rings. The van der Waals surface area contributed by atoms with Crippen LogP contribution < -0.4 is 5.32 Å². The molecule has 0 bridgehead atoms. The number of rotatable bonds is 4. The molecule has 0 unspecified atom stereocenters. The molecule has 0 aromatic heterocycles. The number of nitrogens with zero attached hydrogens (tertiary/aromatic N) is 1. The first-order chi connectivity index (χ1) is 12.0. The minimum atomic E-state index is -1.29. The van der Waals surface area contributed by atoms with Crippen LogP contribution in [0.5, 0.6) is 0 Å². The van der Waals surface area contributed by atoms with Crippen molar-refractivity contribution in [2.24, 2.45) is 0 Å². The largest absolute Gasteiger partial charge is 0.478 e. The van der Waals surface area contributed by atoms with Gasteiger partial charge in [0, 0.05) is 17.7 Å². The van der Waals surface area contributed by atoms with E-state index in [4.69, 9.17) is 0 Å². The molecular weight excluding hydrogens is 324 g/mol. The molecule has 0 spiro atoms. The molecule has 0 aliphatic rings. The summed E-state index contributed by atoms with van der Waals surface area (Å²) in [6.07, 6.45) is 0. The van der Waals surface area contributed by atoms with Crippen LogP contribution in [-0.2, 0) is 0 Å². The number of hydrogen-bond acceptors (Lipinski definition) is 4. The first-order valence-corrected chi connectivity index (χ1v) is 7.27. The molecule has 0 heterocycles. The number of benzene rings is 3. The summed E-state index contributed by atoms with van der Waals surface area (Å²) in [5.41, 5.74) is -0.333. The maximum absolute atomic E-state index is 12.4. The topological polar surface area (TPSA) is 110 Å². The summed E-state index contributed by atoms with van der Waals surface area (Å²) >= 11 is 0. The van der Waals surface area contributed by atoms with Crippen LogP contribution in [-0.4, -0.2) is 21.9 Å². The van der Waals surface area contributed by atoms with E-state index in [0.29, 0.717) is 5.56 Å². The summed E-state index contributed by atoms with van der Waals surface area (Å²) in [6, 6.07) is 15.7. The highest BCUT2D eigenvalue weighted by molar-refractivity contribution is 6.09. The van der Waals surface area contributed by atoms with Crippen LogP contribution in [0.15, 0.2) is 60.7 Å². The number of nitro benzene ring substituents is 1. The Morgan fingerprint density at radius 3 is 2.36 bits per heavy atom. The van der Waals surface area contributed by atoms with Gasteiger partial charge in [0.15, 0.2) is 0 Å². The van der Waals surface area contributed by atoms with Gasteiger partial charge in [-0.25, -0.2) is 4.79 Å². The quantitative estimate of drug-likeness (QED) is 0.557. The van der Waals surface area contributed by atoms with Crippen molar-refractivity contribution in [3.63, 3.8) is 0 Å². The Labute approximate surface area is 141 Å². The van der Waals surface area contributed by atoms with Crippen molar-refractivity contribution in [2.75, 3.05) is 5.32 Å². The third-order valence-corrected chi connectivity index (χ3v) is 3.70. The first kappa shape index (κ1) is 16.1. The maximum atomic E-state index is 12.4. The molecule has 124 valence electrons. The third kappa shape index (κ3) is 3.30. The van der Waals surface area contributed by atoms with E-state index in [9.17, 15) is 24.8 Å². The lowest BCUT2D eigenvalue weighted by molar-refractivity contribution is -0.384. The molecule has 7 heteroatoms. The number of amides is 1. The number of nitro groups is 1. The van der Waals surface area contributed by atoms with Crippen molar-refractivity contribution >= 4 is 34.0 Å². The number of carbonyl (C=O) groups is 2. The fraction of sp³-hybridized carbons (Fsp3) is 0. The van der Waals surface area contributed by atoms with Crippen molar-refractivity contribution in [2.45, 2.75) is 0 Å². The monoisotopic (exact) mass is 336 g/mol. The lowest BCUT2D eigenvalue weighted by atomic mass is 10.1. The number of fused-ring (bicyclic) bond motifs is 1. The summed E-state index contributed by atoms with van der Waals surface area (Å²) in [6.45, 7) is 0. The van der Waals surface area contributed by atoms with Gasteiger partial charge in [0.2, 0.25) is 0 Å². The molecule has 0 atom stereocenters. The zero-order chi connectivity index (χ0) is 18.0. The normalized spacial score (nSPS) is 10.4. The molecule has 0 saturated carbocycles. The minimum absolute atomic E-state index is 0.125. The number of anilines is 1. The second kappa shape index (κ2) is 6.40. The Hall–Kier alpha value is -3.74. The van der Waals surface area contributed by atoms with Gasteiger partial charge in [-0.1, -0.05) is 30.3 Å². The van der Waals surface area contributed by atoms with E-state index in [2.05, 4.69) is 5.32 Å². The van der Waals surface area contributed by atoms with Gasteiger partial charge < -0.3 is 10.4 Å². The third-order valence-electron chi connectivity index (χ3n) is 3.70.